The smallest absolute Gasteiger partial charge is 0.408 e. The van der Waals surface area contributed by atoms with Gasteiger partial charge in [-0.3, -0.25) is 9.59 Å². The average molecular weight is 374 g/mol. The number of esters is 1. The van der Waals surface area contributed by atoms with Crippen molar-refractivity contribution in [3.05, 3.63) is 35.9 Å². The van der Waals surface area contributed by atoms with Gasteiger partial charge >= 0.3 is 12.1 Å². The molecule has 0 saturated carbocycles. The minimum Gasteiger partial charge on any atom is -0.468 e. The number of alkyl carbamates (subject to hydrolysis) is 1. The maximum Gasteiger partial charge on any atom is 0.408 e. The molecule has 1 aromatic carbocycles. The summed E-state index contributed by atoms with van der Waals surface area (Å²) in [5.74, 6) is 1.30. The summed E-state index contributed by atoms with van der Waals surface area (Å²) in [6.07, 6.45) is 4.55. The van der Waals surface area contributed by atoms with Crippen LogP contribution in [-0.2, 0) is 25.6 Å². The number of nitrogens with one attached hydrogen (secondary N) is 1. The van der Waals surface area contributed by atoms with Gasteiger partial charge in [-0.25, -0.2) is 4.79 Å². The van der Waals surface area contributed by atoms with Gasteiger partial charge in [-0.2, -0.15) is 0 Å². The Morgan fingerprint density at radius 1 is 1.22 bits per heavy atom. The first kappa shape index (κ1) is 22.0. The van der Waals surface area contributed by atoms with E-state index in [4.69, 9.17) is 11.2 Å². The molecule has 0 saturated heterocycles. The van der Waals surface area contributed by atoms with Crippen molar-refractivity contribution in [3.8, 4) is 12.3 Å². The Bertz CT molecular complexity index is 689. The summed E-state index contributed by atoms with van der Waals surface area (Å²) in [6.45, 7) is 5.05. The number of ether oxygens (including phenoxy) is 2. The molecule has 0 aromatic heterocycles. The van der Waals surface area contributed by atoms with E-state index in [0.29, 0.717) is 0 Å². The Labute approximate surface area is 160 Å². The first-order chi connectivity index (χ1) is 12.7. The number of rotatable bonds is 7. The largest absolute Gasteiger partial charge is 0.468 e. The minimum absolute atomic E-state index is 0.0372. The average Bonchev–Trinajstić information content (AvgIpc) is 2.59. The topological polar surface area (TPSA) is 84.9 Å². The summed E-state index contributed by atoms with van der Waals surface area (Å²) >= 11 is 0. The predicted octanol–water partition coefficient (Wildman–Crippen LogP) is 2.10. The number of benzene rings is 1. The molecule has 0 spiro atoms. The van der Waals surface area contributed by atoms with Crippen molar-refractivity contribution in [2.45, 2.75) is 45.4 Å². The Kier molecular flexibility index (Phi) is 8.34. The van der Waals surface area contributed by atoms with Gasteiger partial charge in [0.05, 0.1) is 7.11 Å². The third kappa shape index (κ3) is 8.27. The van der Waals surface area contributed by atoms with E-state index in [2.05, 4.69) is 16.0 Å². The van der Waals surface area contributed by atoms with Gasteiger partial charge < -0.3 is 19.7 Å². The SMILES string of the molecule is C#CCC(NC(=O)OC(C)(C)C)C(=O)N(CC(=O)OC)Cc1ccccc1. The maximum atomic E-state index is 12.9. The molecule has 1 aromatic rings. The predicted molar refractivity (Wildman–Crippen MR) is 100 cm³/mol. The van der Waals surface area contributed by atoms with Gasteiger partial charge in [0.2, 0.25) is 5.91 Å². The van der Waals surface area contributed by atoms with Crippen LogP contribution in [0.4, 0.5) is 4.79 Å². The van der Waals surface area contributed by atoms with Crippen molar-refractivity contribution in [2.24, 2.45) is 0 Å². The highest BCUT2D eigenvalue weighted by molar-refractivity contribution is 5.88. The molecule has 0 radical (unpaired) electrons. The fourth-order valence-corrected chi connectivity index (χ4v) is 2.22. The molecule has 1 unspecified atom stereocenters. The molecule has 0 heterocycles. The molecule has 0 aliphatic carbocycles. The van der Waals surface area contributed by atoms with Crippen molar-refractivity contribution >= 4 is 18.0 Å². The minimum atomic E-state index is -1.02. The zero-order chi connectivity index (χ0) is 20.4. The molecule has 0 aliphatic heterocycles. The van der Waals surface area contributed by atoms with Gasteiger partial charge in [0.15, 0.2) is 0 Å². The number of carbonyl (C=O) groups is 3. The van der Waals surface area contributed by atoms with Gasteiger partial charge in [0, 0.05) is 13.0 Å². The number of methoxy groups -OCH3 is 1. The number of terminal acetylenes is 1. The van der Waals surface area contributed by atoms with Crippen LogP contribution in [0.1, 0.15) is 32.8 Å². The zero-order valence-corrected chi connectivity index (χ0v) is 16.2. The Morgan fingerprint density at radius 3 is 2.37 bits per heavy atom. The Hall–Kier alpha value is -3.01. The van der Waals surface area contributed by atoms with E-state index in [0.717, 1.165) is 5.56 Å². The molecule has 7 nitrogen and oxygen atoms in total. The number of hydrogen-bond donors (Lipinski definition) is 1. The number of hydrogen-bond acceptors (Lipinski definition) is 5. The third-order valence-corrected chi connectivity index (χ3v) is 3.39. The summed E-state index contributed by atoms with van der Waals surface area (Å²) in [4.78, 5) is 38.0. The summed E-state index contributed by atoms with van der Waals surface area (Å²) in [6, 6.07) is 8.14. The molecule has 27 heavy (non-hydrogen) atoms. The lowest BCUT2D eigenvalue weighted by atomic mass is 10.1. The van der Waals surface area contributed by atoms with Gasteiger partial charge in [0.1, 0.15) is 18.2 Å². The van der Waals surface area contributed by atoms with E-state index in [9.17, 15) is 14.4 Å². The normalized spacial score (nSPS) is 11.7. The molecule has 146 valence electrons. The van der Waals surface area contributed by atoms with Crippen molar-refractivity contribution in [3.63, 3.8) is 0 Å². The fourth-order valence-electron chi connectivity index (χ4n) is 2.22. The second-order valence-corrected chi connectivity index (χ2v) is 6.86. The monoisotopic (exact) mass is 374 g/mol. The lowest BCUT2D eigenvalue weighted by Crippen LogP contribution is -2.50. The van der Waals surface area contributed by atoms with Crippen LogP contribution in [0.2, 0.25) is 0 Å². The highest BCUT2D eigenvalue weighted by Gasteiger charge is 2.29. The molecule has 0 aliphatic rings. The quantitative estimate of drug-likeness (QED) is 0.584. The van der Waals surface area contributed by atoms with Crippen LogP contribution in [0.15, 0.2) is 30.3 Å². The summed E-state index contributed by atoms with van der Waals surface area (Å²) in [7, 11) is 1.24. The van der Waals surface area contributed by atoms with Gasteiger partial charge in [-0.05, 0) is 26.3 Å². The molecular formula is C20H26N2O5. The van der Waals surface area contributed by atoms with Crippen molar-refractivity contribution in [2.75, 3.05) is 13.7 Å². The molecule has 1 N–H and O–H groups in total. The Balaban J connectivity index is 2.97. The van der Waals surface area contributed by atoms with E-state index in [1.807, 2.05) is 30.3 Å². The van der Waals surface area contributed by atoms with Crippen molar-refractivity contribution in [1.82, 2.24) is 10.2 Å². The van der Waals surface area contributed by atoms with Crippen molar-refractivity contribution in [1.29, 1.82) is 0 Å². The molecule has 1 atom stereocenters. The van der Waals surface area contributed by atoms with Crippen LogP contribution in [0.3, 0.4) is 0 Å². The van der Waals surface area contributed by atoms with Crippen LogP contribution < -0.4 is 5.32 Å². The standard InChI is InChI=1S/C20H26N2O5/c1-6-10-16(21-19(25)27-20(2,3)4)18(24)22(14-17(23)26-5)13-15-11-8-7-9-12-15/h1,7-9,11-12,16H,10,13-14H2,2-5H3,(H,21,25). The second kappa shape index (κ2) is 10.2. The highest BCUT2D eigenvalue weighted by Crippen LogP contribution is 2.10. The maximum absolute atomic E-state index is 12.9. The summed E-state index contributed by atoms with van der Waals surface area (Å²) in [5, 5.41) is 2.48. The van der Waals surface area contributed by atoms with E-state index in [-0.39, 0.29) is 19.5 Å². The Morgan fingerprint density at radius 2 is 1.85 bits per heavy atom. The van der Waals surface area contributed by atoms with E-state index < -0.39 is 29.6 Å². The van der Waals surface area contributed by atoms with Gasteiger partial charge in [-0.1, -0.05) is 30.3 Å². The number of amides is 2. The molecule has 0 bridgehead atoms. The molecule has 1 rings (SSSR count). The van der Waals surface area contributed by atoms with Crippen LogP contribution in [0, 0.1) is 12.3 Å². The number of carbonyl (C=O) groups excluding carboxylic acids is 3. The lowest BCUT2D eigenvalue weighted by molar-refractivity contribution is -0.148. The summed E-state index contributed by atoms with van der Waals surface area (Å²) < 4.78 is 9.85. The van der Waals surface area contributed by atoms with E-state index in [1.54, 1.807) is 20.8 Å². The van der Waals surface area contributed by atoms with E-state index >= 15 is 0 Å². The first-order valence-corrected chi connectivity index (χ1v) is 8.48. The van der Waals surface area contributed by atoms with Crippen LogP contribution in [-0.4, -0.2) is 48.2 Å². The zero-order valence-electron chi connectivity index (χ0n) is 16.2. The summed E-state index contributed by atoms with van der Waals surface area (Å²) in [5.41, 5.74) is 0.107. The van der Waals surface area contributed by atoms with Gasteiger partial charge in [0.25, 0.3) is 0 Å². The van der Waals surface area contributed by atoms with E-state index in [1.165, 1.54) is 12.0 Å². The lowest BCUT2D eigenvalue weighted by Gasteiger charge is -2.27. The third-order valence-electron chi connectivity index (χ3n) is 3.39. The second-order valence-electron chi connectivity index (χ2n) is 6.86. The molecule has 2 amide bonds. The van der Waals surface area contributed by atoms with Crippen molar-refractivity contribution < 1.29 is 23.9 Å². The first-order valence-electron chi connectivity index (χ1n) is 8.48. The number of nitrogens with zero attached hydrogens (tertiary/aromatic N) is 1. The molecule has 0 fully saturated rings. The van der Waals surface area contributed by atoms with Crippen LogP contribution >= 0.6 is 0 Å². The fraction of sp³-hybridized carbons (Fsp3) is 0.450. The van der Waals surface area contributed by atoms with Gasteiger partial charge in [-0.15, -0.1) is 12.3 Å². The van der Waals surface area contributed by atoms with Crippen LogP contribution in [0.5, 0.6) is 0 Å². The highest BCUT2D eigenvalue weighted by atomic mass is 16.6. The molecule has 7 heteroatoms. The molecular weight excluding hydrogens is 348 g/mol. The van der Waals surface area contributed by atoms with Crippen LogP contribution in [0.25, 0.3) is 0 Å².